The second-order valence-electron chi connectivity index (χ2n) is 3.93. The zero-order valence-electron chi connectivity index (χ0n) is 10.7. The highest BCUT2D eigenvalue weighted by molar-refractivity contribution is 9.10. The van der Waals surface area contributed by atoms with Crippen molar-refractivity contribution in [2.45, 2.75) is 12.6 Å². The second-order valence-corrected chi connectivity index (χ2v) is 4.84. The number of ether oxygens (including phenoxy) is 1. The Kier molecular flexibility index (Phi) is 6.63. The highest BCUT2D eigenvalue weighted by Crippen LogP contribution is 2.14. The van der Waals surface area contributed by atoms with E-state index in [4.69, 9.17) is 0 Å². The highest BCUT2D eigenvalue weighted by atomic mass is 79.9. The molecule has 0 radical (unpaired) electrons. The summed E-state index contributed by atoms with van der Waals surface area (Å²) in [4.78, 5) is 22.9. The number of hydrogen-bond acceptors (Lipinski definition) is 3. The summed E-state index contributed by atoms with van der Waals surface area (Å²) in [7, 11) is 0. The fourth-order valence-electron chi connectivity index (χ4n) is 1.22. The molecular formula is C12H12BrF3N2O3. The molecule has 2 amide bonds. The molecule has 21 heavy (non-hydrogen) atoms. The van der Waals surface area contributed by atoms with Gasteiger partial charge in [0.15, 0.2) is 0 Å². The van der Waals surface area contributed by atoms with E-state index in [1.54, 1.807) is 12.1 Å². The molecule has 5 nitrogen and oxygen atoms in total. The van der Waals surface area contributed by atoms with Gasteiger partial charge in [-0.2, -0.15) is 13.2 Å². The van der Waals surface area contributed by atoms with E-state index < -0.39 is 24.6 Å². The SMILES string of the molecule is O=C(CCOCC(F)(F)F)NNC(=O)c1ccc(Br)cc1. The molecular weight excluding hydrogens is 357 g/mol. The molecule has 0 bridgehead atoms. The van der Waals surface area contributed by atoms with Crippen molar-refractivity contribution in [1.29, 1.82) is 0 Å². The average Bonchev–Trinajstić information content (AvgIpc) is 2.41. The summed E-state index contributed by atoms with van der Waals surface area (Å²) in [5.74, 6) is -1.19. The van der Waals surface area contributed by atoms with E-state index in [0.717, 1.165) is 4.47 Å². The summed E-state index contributed by atoms with van der Waals surface area (Å²) in [6, 6.07) is 6.39. The van der Waals surface area contributed by atoms with Crippen molar-refractivity contribution in [3.05, 3.63) is 34.3 Å². The van der Waals surface area contributed by atoms with Crippen LogP contribution in [0.15, 0.2) is 28.7 Å². The third kappa shape index (κ3) is 7.66. The minimum Gasteiger partial charge on any atom is -0.372 e. The van der Waals surface area contributed by atoms with E-state index in [9.17, 15) is 22.8 Å². The lowest BCUT2D eigenvalue weighted by atomic mass is 10.2. The van der Waals surface area contributed by atoms with E-state index in [2.05, 4.69) is 31.5 Å². The van der Waals surface area contributed by atoms with Crippen LogP contribution in [0.2, 0.25) is 0 Å². The molecule has 0 aromatic heterocycles. The van der Waals surface area contributed by atoms with E-state index in [1.807, 2.05) is 0 Å². The van der Waals surface area contributed by atoms with Gasteiger partial charge in [-0.05, 0) is 24.3 Å². The number of alkyl halides is 3. The third-order valence-corrected chi connectivity index (χ3v) is 2.69. The number of amides is 2. The van der Waals surface area contributed by atoms with Crippen LogP contribution in [0.1, 0.15) is 16.8 Å². The van der Waals surface area contributed by atoms with Crippen molar-refractivity contribution in [2.24, 2.45) is 0 Å². The van der Waals surface area contributed by atoms with Crippen molar-refractivity contribution >= 4 is 27.7 Å². The summed E-state index contributed by atoms with van der Waals surface area (Å²) in [6.45, 7) is -1.80. The molecule has 0 aliphatic heterocycles. The number of nitrogens with one attached hydrogen (secondary N) is 2. The topological polar surface area (TPSA) is 67.4 Å². The quantitative estimate of drug-likeness (QED) is 0.618. The van der Waals surface area contributed by atoms with Crippen LogP contribution < -0.4 is 10.9 Å². The zero-order valence-corrected chi connectivity index (χ0v) is 12.3. The number of hydrazine groups is 1. The summed E-state index contributed by atoms with van der Waals surface area (Å²) in [5, 5.41) is 0. The molecule has 0 heterocycles. The van der Waals surface area contributed by atoms with Crippen LogP contribution in [-0.2, 0) is 9.53 Å². The van der Waals surface area contributed by atoms with Gasteiger partial charge in [0, 0.05) is 10.0 Å². The van der Waals surface area contributed by atoms with Crippen LogP contribution in [0.3, 0.4) is 0 Å². The molecule has 1 aromatic rings. The lowest BCUT2D eigenvalue weighted by molar-refractivity contribution is -0.174. The van der Waals surface area contributed by atoms with Crippen LogP contribution in [-0.4, -0.2) is 31.2 Å². The predicted molar refractivity (Wildman–Crippen MR) is 71.2 cm³/mol. The minimum absolute atomic E-state index is 0.295. The first kappa shape index (κ1) is 17.4. The van der Waals surface area contributed by atoms with Crippen molar-refractivity contribution in [1.82, 2.24) is 10.9 Å². The Morgan fingerprint density at radius 3 is 2.33 bits per heavy atom. The Labute approximate surface area is 126 Å². The van der Waals surface area contributed by atoms with Gasteiger partial charge in [0.25, 0.3) is 5.91 Å². The first-order valence-corrected chi connectivity index (χ1v) is 6.56. The maximum absolute atomic E-state index is 11.8. The van der Waals surface area contributed by atoms with Crippen LogP contribution >= 0.6 is 15.9 Å². The van der Waals surface area contributed by atoms with Gasteiger partial charge in [-0.25, -0.2) is 0 Å². The molecule has 0 unspecified atom stereocenters. The Morgan fingerprint density at radius 1 is 1.14 bits per heavy atom. The van der Waals surface area contributed by atoms with Crippen molar-refractivity contribution < 1.29 is 27.5 Å². The Bertz CT molecular complexity index is 492. The number of hydrogen-bond donors (Lipinski definition) is 2. The van der Waals surface area contributed by atoms with E-state index in [0.29, 0.717) is 5.56 Å². The molecule has 2 N–H and O–H groups in total. The molecule has 116 valence electrons. The molecule has 0 saturated heterocycles. The fraction of sp³-hybridized carbons (Fsp3) is 0.333. The number of benzene rings is 1. The molecule has 1 rings (SSSR count). The van der Waals surface area contributed by atoms with Gasteiger partial charge in [-0.1, -0.05) is 15.9 Å². The maximum Gasteiger partial charge on any atom is 0.411 e. The smallest absolute Gasteiger partial charge is 0.372 e. The second kappa shape index (κ2) is 7.99. The standard InChI is InChI=1S/C12H12BrF3N2O3/c13-9-3-1-8(2-4-9)11(20)18-17-10(19)5-6-21-7-12(14,15)16/h1-4H,5-7H2,(H,17,19)(H,18,20). The van der Waals surface area contributed by atoms with Crippen molar-refractivity contribution in [3.63, 3.8) is 0 Å². The first-order valence-electron chi connectivity index (χ1n) is 5.77. The molecule has 0 aliphatic rings. The fourth-order valence-corrected chi connectivity index (χ4v) is 1.48. The molecule has 0 atom stereocenters. The van der Waals surface area contributed by atoms with Gasteiger partial charge < -0.3 is 4.74 Å². The number of rotatable bonds is 5. The molecule has 9 heteroatoms. The summed E-state index contributed by atoms with van der Waals surface area (Å²) >= 11 is 3.21. The number of carbonyl (C=O) groups is 2. The molecule has 0 aliphatic carbocycles. The molecule has 1 aromatic carbocycles. The number of carbonyl (C=O) groups excluding carboxylic acids is 2. The van der Waals surface area contributed by atoms with Gasteiger partial charge in [0.2, 0.25) is 5.91 Å². The van der Waals surface area contributed by atoms with Gasteiger partial charge in [-0.15, -0.1) is 0 Å². The van der Waals surface area contributed by atoms with Crippen molar-refractivity contribution in [2.75, 3.05) is 13.2 Å². The predicted octanol–water partition coefficient (Wildman–Crippen LogP) is 2.18. The largest absolute Gasteiger partial charge is 0.411 e. The highest BCUT2D eigenvalue weighted by Gasteiger charge is 2.27. The summed E-state index contributed by atoms with van der Waals surface area (Å²) < 4.78 is 40.4. The van der Waals surface area contributed by atoms with Gasteiger partial charge in [0.05, 0.1) is 13.0 Å². The average molecular weight is 369 g/mol. The zero-order chi connectivity index (χ0) is 15.9. The number of halogens is 4. The first-order chi connectivity index (χ1) is 9.78. The molecule has 0 saturated carbocycles. The van der Waals surface area contributed by atoms with Crippen molar-refractivity contribution in [3.8, 4) is 0 Å². The van der Waals surface area contributed by atoms with E-state index >= 15 is 0 Å². The third-order valence-electron chi connectivity index (χ3n) is 2.16. The summed E-state index contributed by atoms with van der Waals surface area (Å²) in [5.41, 5.74) is 4.55. The maximum atomic E-state index is 11.8. The van der Waals surface area contributed by atoms with Crippen LogP contribution in [0, 0.1) is 0 Å². The normalized spacial score (nSPS) is 11.0. The van der Waals surface area contributed by atoms with Gasteiger partial charge in [0.1, 0.15) is 6.61 Å². The van der Waals surface area contributed by atoms with E-state index in [1.165, 1.54) is 12.1 Å². The van der Waals surface area contributed by atoms with Gasteiger partial charge in [-0.3, -0.25) is 20.4 Å². The molecule has 0 fully saturated rings. The Morgan fingerprint density at radius 2 is 1.76 bits per heavy atom. The summed E-state index contributed by atoms with van der Waals surface area (Å²) in [6.07, 6.45) is -4.72. The van der Waals surface area contributed by atoms with Crippen LogP contribution in [0.25, 0.3) is 0 Å². The molecule has 0 spiro atoms. The van der Waals surface area contributed by atoms with Gasteiger partial charge >= 0.3 is 6.18 Å². The lowest BCUT2D eigenvalue weighted by Gasteiger charge is -2.09. The Hall–Kier alpha value is -1.61. The Balaban J connectivity index is 2.23. The lowest BCUT2D eigenvalue weighted by Crippen LogP contribution is -2.42. The van der Waals surface area contributed by atoms with E-state index in [-0.39, 0.29) is 13.0 Å². The monoisotopic (exact) mass is 368 g/mol. The minimum atomic E-state index is -4.42. The van der Waals surface area contributed by atoms with Crippen LogP contribution in [0.4, 0.5) is 13.2 Å². The van der Waals surface area contributed by atoms with Crippen LogP contribution in [0.5, 0.6) is 0 Å².